The molecule has 0 aliphatic rings. The highest BCUT2D eigenvalue weighted by molar-refractivity contribution is 9.49. The zero-order chi connectivity index (χ0) is 8.91. The van der Waals surface area contributed by atoms with E-state index in [2.05, 4.69) is 14.8 Å². The average molecular weight is 264 g/mol. The Labute approximate surface area is 78.5 Å². The number of hydrogen-bond acceptors (Lipinski definition) is 4. The first-order valence-corrected chi connectivity index (χ1v) is 7.04. The summed E-state index contributed by atoms with van der Waals surface area (Å²) >= 11 is 3.10. The van der Waals surface area contributed by atoms with Crippen LogP contribution in [-0.2, 0) is 13.6 Å². The molecule has 0 amide bonds. The van der Waals surface area contributed by atoms with E-state index in [1.165, 1.54) is 18.3 Å². The fourth-order valence-corrected chi connectivity index (χ4v) is 4.22. The van der Waals surface area contributed by atoms with Crippen molar-refractivity contribution in [3.05, 3.63) is 0 Å². The van der Waals surface area contributed by atoms with Crippen LogP contribution in [-0.4, -0.2) is 24.8 Å². The molecule has 0 atom stereocenters. The number of rotatable bonds is 5. The van der Waals surface area contributed by atoms with E-state index >= 15 is 0 Å². The Morgan fingerprint density at radius 3 is 2.09 bits per heavy atom. The maximum absolute atomic E-state index is 11.5. The van der Waals surface area contributed by atoms with Crippen molar-refractivity contribution in [3.63, 3.8) is 0 Å². The molecule has 0 aliphatic carbocycles. The van der Waals surface area contributed by atoms with Crippen LogP contribution in [0.1, 0.15) is 6.92 Å². The molecule has 0 radical (unpaired) electrons. The molecule has 0 aromatic rings. The number of nitrogens with zero attached hydrogens (tertiary/aromatic N) is 1. The molecule has 0 bridgehead atoms. The van der Waals surface area contributed by atoms with E-state index in [1.54, 1.807) is 0 Å². The molecule has 0 aromatic carbocycles. The third kappa shape index (κ3) is 3.05. The van der Waals surface area contributed by atoms with Crippen molar-refractivity contribution < 1.29 is 13.6 Å². The quantitative estimate of drug-likeness (QED) is 0.563. The number of halogens is 1. The second-order valence-corrected chi connectivity index (χ2v) is 5.44. The monoisotopic (exact) mass is 263 g/mol. The normalized spacial score (nSPS) is 12.5. The van der Waals surface area contributed by atoms with Crippen LogP contribution in [0.3, 0.4) is 0 Å². The lowest BCUT2D eigenvalue weighted by Gasteiger charge is -2.22. The minimum atomic E-state index is -3.04. The lowest BCUT2D eigenvalue weighted by atomic mass is 10.8. The first kappa shape index (κ1) is 11.9. The standard InChI is InChI=1S/C4H11BrNO3PS/c1-4-6(11-5)10(7,8-2)9-3/h4H2,1-3H3. The third-order valence-electron chi connectivity index (χ3n) is 1.08. The Hall–Kier alpha value is 0.940. The largest absolute Gasteiger partial charge is 0.417 e. The molecule has 0 unspecified atom stereocenters. The van der Waals surface area contributed by atoms with Crippen molar-refractivity contribution in [2.24, 2.45) is 0 Å². The van der Waals surface area contributed by atoms with Gasteiger partial charge in [0.25, 0.3) is 0 Å². The van der Waals surface area contributed by atoms with E-state index in [-0.39, 0.29) is 0 Å². The van der Waals surface area contributed by atoms with Gasteiger partial charge in [0, 0.05) is 46.0 Å². The predicted molar refractivity (Wildman–Crippen MR) is 50.5 cm³/mol. The van der Waals surface area contributed by atoms with Gasteiger partial charge in [0.2, 0.25) is 0 Å². The van der Waals surface area contributed by atoms with Crippen LogP contribution < -0.4 is 0 Å². The maximum atomic E-state index is 11.5. The van der Waals surface area contributed by atoms with E-state index in [9.17, 15) is 4.57 Å². The van der Waals surface area contributed by atoms with Crippen LogP contribution in [0, 0.1) is 0 Å². The van der Waals surface area contributed by atoms with Gasteiger partial charge in [-0.25, -0.2) is 4.57 Å². The van der Waals surface area contributed by atoms with Crippen LogP contribution in [0.15, 0.2) is 0 Å². The molecule has 0 N–H and O–H groups in total. The molecule has 0 aromatic heterocycles. The Kier molecular flexibility index (Phi) is 6.04. The molecule has 68 valence electrons. The van der Waals surface area contributed by atoms with Crippen molar-refractivity contribution in [3.8, 4) is 0 Å². The van der Waals surface area contributed by atoms with Gasteiger partial charge in [0.15, 0.2) is 0 Å². The summed E-state index contributed by atoms with van der Waals surface area (Å²) in [5.74, 6) is 0. The summed E-state index contributed by atoms with van der Waals surface area (Å²) in [6.45, 7) is 2.44. The molecule has 0 aliphatic heterocycles. The molecular formula is C4H11BrNO3PS. The highest BCUT2D eigenvalue weighted by atomic mass is 79.9. The fourth-order valence-electron chi connectivity index (χ4n) is 0.516. The van der Waals surface area contributed by atoms with Crippen molar-refractivity contribution in [2.75, 3.05) is 20.8 Å². The minimum Gasteiger partial charge on any atom is -0.299 e. The lowest BCUT2D eigenvalue weighted by Crippen LogP contribution is -2.12. The second-order valence-electron chi connectivity index (χ2n) is 1.57. The Morgan fingerprint density at radius 2 is 2.00 bits per heavy atom. The zero-order valence-electron chi connectivity index (χ0n) is 6.61. The van der Waals surface area contributed by atoms with Gasteiger partial charge in [-0.2, -0.15) is 0 Å². The fraction of sp³-hybridized carbons (Fsp3) is 1.00. The van der Waals surface area contributed by atoms with Gasteiger partial charge in [0.1, 0.15) is 0 Å². The van der Waals surface area contributed by atoms with E-state index in [0.717, 1.165) is 10.4 Å². The molecule has 0 heterocycles. The Morgan fingerprint density at radius 1 is 1.55 bits per heavy atom. The third-order valence-corrected chi connectivity index (χ3v) is 5.82. The second kappa shape index (κ2) is 5.56. The molecule has 0 saturated heterocycles. The van der Waals surface area contributed by atoms with Gasteiger partial charge >= 0.3 is 7.75 Å². The summed E-state index contributed by atoms with van der Waals surface area (Å²) in [5, 5.41) is 0. The summed E-state index contributed by atoms with van der Waals surface area (Å²) in [6.07, 6.45) is 0. The highest BCUT2D eigenvalue weighted by Gasteiger charge is 2.29. The molecule has 0 rings (SSSR count). The van der Waals surface area contributed by atoms with Crippen LogP contribution in [0.2, 0.25) is 0 Å². The van der Waals surface area contributed by atoms with Gasteiger partial charge in [-0.05, 0) is 0 Å². The van der Waals surface area contributed by atoms with Crippen LogP contribution in [0.5, 0.6) is 0 Å². The molecular weight excluding hydrogens is 253 g/mol. The summed E-state index contributed by atoms with van der Waals surface area (Å²) in [7, 11) is 0.831. The topological polar surface area (TPSA) is 38.8 Å². The van der Waals surface area contributed by atoms with Gasteiger partial charge in [-0.1, -0.05) is 6.92 Å². The van der Waals surface area contributed by atoms with Crippen molar-refractivity contribution >= 4 is 32.9 Å². The predicted octanol–water partition coefficient (Wildman–Crippen LogP) is 2.67. The molecule has 0 fully saturated rings. The van der Waals surface area contributed by atoms with Crippen LogP contribution >= 0.6 is 32.9 Å². The average Bonchev–Trinajstić information content (AvgIpc) is 2.06. The van der Waals surface area contributed by atoms with E-state index in [1.807, 2.05) is 6.92 Å². The maximum Gasteiger partial charge on any atom is 0.417 e. The van der Waals surface area contributed by atoms with E-state index in [4.69, 9.17) is 9.05 Å². The molecule has 7 heteroatoms. The first-order valence-electron chi connectivity index (χ1n) is 2.92. The van der Waals surface area contributed by atoms with E-state index < -0.39 is 7.75 Å². The number of hydrogen-bond donors (Lipinski definition) is 0. The first-order chi connectivity index (χ1) is 5.14. The molecule has 4 nitrogen and oxygen atoms in total. The summed E-state index contributed by atoms with van der Waals surface area (Å²) < 4.78 is 22.5. The summed E-state index contributed by atoms with van der Waals surface area (Å²) in [5.41, 5.74) is 0. The van der Waals surface area contributed by atoms with Gasteiger partial charge < -0.3 is 0 Å². The smallest absolute Gasteiger partial charge is 0.299 e. The Balaban J connectivity index is 4.32. The summed E-state index contributed by atoms with van der Waals surface area (Å²) in [4.78, 5) is 0. The van der Waals surface area contributed by atoms with Crippen molar-refractivity contribution in [2.45, 2.75) is 6.92 Å². The molecule has 11 heavy (non-hydrogen) atoms. The van der Waals surface area contributed by atoms with E-state index in [0.29, 0.717) is 6.54 Å². The zero-order valence-corrected chi connectivity index (χ0v) is 9.91. The lowest BCUT2D eigenvalue weighted by molar-refractivity contribution is 0.245. The van der Waals surface area contributed by atoms with Crippen molar-refractivity contribution in [1.29, 1.82) is 0 Å². The van der Waals surface area contributed by atoms with Gasteiger partial charge in [-0.3, -0.25) is 9.05 Å². The summed E-state index contributed by atoms with van der Waals surface area (Å²) in [6, 6.07) is 0. The molecule has 0 spiro atoms. The van der Waals surface area contributed by atoms with Crippen molar-refractivity contribution in [1.82, 2.24) is 4.08 Å². The van der Waals surface area contributed by atoms with Crippen LogP contribution in [0.4, 0.5) is 0 Å². The van der Waals surface area contributed by atoms with Gasteiger partial charge in [0.05, 0.1) is 0 Å². The molecule has 0 saturated carbocycles. The Bertz CT molecular complexity index is 146. The SMILES string of the molecule is CCN(SBr)P(=O)(OC)OC. The van der Waals surface area contributed by atoms with Crippen LogP contribution in [0.25, 0.3) is 0 Å². The van der Waals surface area contributed by atoms with Gasteiger partial charge in [-0.15, -0.1) is 4.08 Å². The highest BCUT2D eigenvalue weighted by Crippen LogP contribution is 2.55. The minimum absolute atomic E-state index is 0.578.